The number of alkyl halides is 3. The van der Waals surface area contributed by atoms with Gasteiger partial charge in [-0.25, -0.2) is 32.7 Å². The van der Waals surface area contributed by atoms with Crippen LogP contribution in [0, 0.1) is 0 Å². The van der Waals surface area contributed by atoms with Crippen LogP contribution >= 0.6 is 11.6 Å². The lowest BCUT2D eigenvalue weighted by atomic mass is 10.2. The van der Waals surface area contributed by atoms with Gasteiger partial charge in [-0.3, -0.25) is 9.36 Å². The summed E-state index contributed by atoms with van der Waals surface area (Å²) in [6, 6.07) is 8.54. The van der Waals surface area contributed by atoms with Crippen LogP contribution in [0.25, 0.3) is 17.2 Å². The molecule has 20 heteroatoms. The Kier molecular flexibility index (Phi) is 9.51. The van der Waals surface area contributed by atoms with Crippen molar-refractivity contribution in [3.05, 3.63) is 75.3 Å². The molecule has 1 fully saturated rings. The molecule has 4 aromatic rings. The van der Waals surface area contributed by atoms with Crippen LogP contribution in [-0.2, 0) is 27.7 Å². The Bertz CT molecular complexity index is 1960. The van der Waals surface area contributed by atoms with E-state index in [1.165, 1.54) is 47.5 Å². The smallest absolute Gasteiger partial charge is 0.416 e. The fourth-order valence-electron chi connectivity index (χ4n) is 4.63. The molecule has 5 rings (SSSR count). The van der Waals surface area contributed by atoms with Crippen molar-refractivity contribution in [1.82, 2.24) is 39.0 Å². The topological polar surface area (TPSA) is 184 Å². The van der Waals surface area contributed by atoms with E-state index in [-0.39, 0.29) is 65.6 Å². The maximum Gasteiger partial charge on any atom is 0.416 e. The number of carbonyl (C=O) groups is 2. The molecule has 0 aliphatic carbocycles. The minimum Gasteiger partial charge on any atom is -0.462 e. The van der Waals surface area contributed by atoms with Crippen molar-refractivity contribution < 1.29 is 41.0 Å². The third kappa shape index (κ3) is 7.36. The summed E-state index contributed by atoms with van der Waals surface area (Å²) in [7, 11) is -3.36. The fraction of sp³-hybridized carbons (Fsp3) is 0.370. The van der Waals surface area contributed by atoms with Gasteiger partial charge in [-0.05, 0) is 43.3 Å². The number of aromatic nitrogens is 7. The van der Waals surface area contributed by atoms with Gasteiger partial charge in [-0.2, -0.15) is 17.9 Å². The second-order valence-corrected chi connectivity index (χ2v) is 13.0. The number of amides is 1. The molecule has 1 aliphatic rings. The predicted octanol–water partition coefficient (Wildman–Crippen LogP) is 1.36. The van der Waals surface area contributed by atoms with Gasteiger partial charge in [0.25, 0.3) is 5.91 Å². The zero-order chi connectivity index (χ0) is 34.1. The highest BCUT2D eigenvalue weighted by Gasteiger charge is 2.39. The first-order valence-electron chi connectivity index (χ1n) is 13.9. The van der Waals surface area contributed by atoms with Crippen LogP contribution in [0.5, 0.6) is 0 Å². The standard InChI is InChI=1S/C27H26ClF3N8O7S/c1-2-46-25(42)18-4-3-9-32-22(18)39-23(24(41)36-10-12-47(44,45)13-11-36)33-20(34-39)15-38-26(43)37(14-19(40)27(29,30)31)21(35-38)16-5-7-17(28)8-6-16/h3-9,19,40H,2,10-15H2,1H3/t19-/m0/s1. The number of ether oxygens (including phenoxy) is 1. The molecule has 0 unspecified atom stereocenters. The SMILES string of the molecule is CCOC(=O)c1cccnc1-n1nc(Cn2nc(-c3ccc(Cl)cc3)n(C[C@H](O)C(F)(F)F)c2=O)nc1C(=O)N1CCS(=O)(=O)CC1. The van der Waals surface area contributed by atoms with Crippen molar-refractivity contribution in [2.24, 2.45) is 0 Å². The quantitative estimate of drug-likeness (QED) is 0.249. The highest BCUT2D eigenvalue weighted by molar-refractivity contribution is 7.91. The number of hydrogen-bond acceptors (Lipinski definition) is 11. The van der Waals surface area contributed by atoms with Gasteiger partial charge >= 0.3 is 17.8 Å². The normalized spacial score (nSPS) is 15.4. The summed E-state index contributed by atoms with van der Waals surface area (Å²) < 4.78 is 71.2. The lowest BCUT2D eigenvalue weighted by Crippen LogP contribution is -2.44. The monoisotopic (exact) mass is 698 g/mol. The summed E-state index contributed by atoms with van der Waals surface area (Å²) >= 11 is 5.94. The second-order valence-electron chi connectivity index (χ2n) is 10.2. The van der Waals surface area contributed by atoms with Crippen molar-refractivity contribution in [1.29, 1.82) is 0 Å². The van der Waals surface area contributed by atoms with Crippen molar-refractivity contribution in [3.63, 3.8) is 0 Å². The number of nitrogens with zero attached hydrogens (tertiary/aromatic N) is 8. The zero-order valence-electron chi connectivity index (χ0n) is 24.5. The van der Waals surface area contributed by atoms with E-state index in [1.54, 1.807) is 6.92 Å². The minimum atomic E-state index is -5.04. The Hall–Kier alpha value is -4.62. The number of hydrogen-bond donors (Lipinski definition) is 1. The molecule has 0 saturated carbocycles. The first kappa shape index (κ1) is 33.7. The van der Waals surface area contributed by atoms with E-state index >= 15 is 0 Å². The van der Waals surface area contributed by atoms with E-state index in [1.807, 2.05) is 0 Å². The number of esters is 1. The third-order valence-electron chi connectivity index (χ3n) is 7.01. The Morgan fingerprint density at radius 1 is 1.11 bits per heavy atom. The third-order valence-corrected chi connectivity index (χ3v) is 8.87. The molecule has 1 aliphatic heterocycles. The van der Waals surface area contributed by atoms with Gasteiger partial charge in [0.2, 0.25) is 5.82 Å². The first-order valence-corrected chi connectivity index (χ1v) is 16.1. The van der Waals surface area contributed by atoms with Gasteiger partial charge in [-0.15, -0.1) is 10.2 Å². The summed E-state index contributed by atoms with van der Waals surface area (Å²) in [4.78, 5) is 49.5. The molecule has 1 amide bonds. The minimum absolute atomic E-state index is 0.0222. The summed E-state index contributed by atoms with van der Waals surface area (Å²) in [6.45, 7) is -0.436. The number of pyridine rings is 1. The first-order chi connectivity index (χ1) is 22.2. The Morgan fingerprint density at radius 3 is 2.43 bits per heavy atom. The molecule has 1 N–H and O–H groups in total. The van der Waals surface area contributed by atoms with Crippen LogP contribution < -0.4 is 5.69 Å². The molecule has 47 heavy (non-hydrogen) atoms. The zero-order valence-corrected chi connectivity index (χ0v) is 26.0. The molecule has 15 nitrogen and oxygen atoms in total. The molecule has 1 saturated heterocycles. The average Bonchev–Trinajstić information content (AvgIpc) is 3.58. The molecule has 0 spiro atoms. The van der Waals surface area contributed by atoms with Gasteiger partial charge in [0.05, 0.1) is 24.7 Å². The van der Waals surface area contributed by atoms with Crippen molar-refractivity contribution >= 4 is 33.3 Å². The van der Waals surface area contributed by atoms with E-state index in [0.717, 1.165) is 9.36 Å². The largest absolute Gasteiger partial charge is 0.462 e. The Morgan fingerprint density at radius 2 is 1.79 bits per heavy atom. The van der Waals surface area contributed by atoms with E-state index in [0.29, 0.717) is 9.59 Å². The number of benzene rings is 1. The molecule has 3 aromatic heterocycles. The number of halogens is 4. The second kappa shape index (κ2) is 13.2. The van der Waals surface area contributed by atoms with Gasteiger partial charge in [0.1, 0.15) is 12.1 Å². The molecule has 1 aromatic carbocycles. The van der Waals surface area contributed by atoms with Gasteiger partial charge < -0.3 is 14.7 Å². The lowest BCUT2D eigenvalue weighted by molar-refractivity contribution is -0.207. The van der Waals surface area contributed by atoms with Crippen LogP contribution in [0.3, 0.4) is 0 Å². The van der Waals surface area contributed by atoms with Crippen LogP contribution in [0.4, 0.5) is 13.2 Å². The summed E-state index contributed by atoms with van der Waals surface area (Å²) in [6.07, 6.45) is -6.62. The van der Waals surface area contributed by atoms with E-state index in [2.05, 4.69) is 20.2 Å². The lowest BCUT2D eigenvalue weighted by Gasteiger charge is -2.26. The number of carbonyl (C=O) groups excluding carboxylic acids is 2. The summed E-state index contributed by atoms with van der Waals surface area (Å²) in [5.74, 6) is -3.14. The maximum absolute atomic E-state index is 13.7. The highest BCUT2D eigenvalue weighted by atomic mass is 35.5. The van der Waals surface area contributed by atoms with Gasteiger partial charge in [0, 0.05) is 29.9 Å². The van der Waals surface area contributed by atoms with Crippen LogP contribution in [0.15, 0.2) is 47.4 Å². The van der Waals surface area contributed by atoms with Crippen molar-refractivity contribution in [3.8, 4) is 17.2 Å². The number of aliphatic hydroxyl groups is 1. The van der Waals surface area contributed by atoms with Crippen molar-refractivity contribution in [2.75, 3.05) is 31.2 Å². The van der Waals surface area contributed by atoms with Gasteiger partial charge in [0.15, 0.2) is 33.4 Å². The van der Waals surface area contributed by atoms with Crippen LogP contribution in [0.1, 0.15) is 33.7 Å². The maximum atomic E-state index is 13.7. The fourth-order valence-corrected chi connectivity index (χ4v) is 5.96. The van der Waals surface area contributed by atoms with Crippen LogP contribution in [0.2, 0.25) is 5.02 Å². The molecule has 0 bridgehead atoms. The molecule has 0 radical (unpaired) electrons. The number of rotatable bonds is 9. The predicted molar refractivity (Wildman–Crippen MR) is 158 cm³/mol. The highest BCUT2D eigenvalue weighted by Crippen LogP contribution is 2.24. The van der Waals surface area contributed by atoms with Crippen LogP contribution in [-0.4, -0.2) is 108 Å². The van der Waals surface area contributed by atoms with Gasteiger partial charge in [-0.1, -0.05) is 11.6 Å². The molecule has 4 heterocycles. The summed E-state index contributed by atoms with van der Waals surface area (Å²) in [5, 5.41) is 18.6. The number of aliphatic hydroxyl groups excluding tert-OH is 1. The number of sulfone groups is 1. The molecular formula is C27H26ClF3N8O7S. The van der Waals surface area contributed by atoms with Crippen molar-refractivity contribution in [2.45, 2.75) is 32.3 Å². The van der Waals surface area contributed by atoms with E-state index in [4.69, 9.17) is 16.3 Å². The Balaban J connectivity index is 1.60. The average molecular weight is 699 g/mol. The summed E-state index contributed by atoms with van der Waals surface area (Å²) in [5.41, 5.74) is -0.941. The van der Waals surface area contributed by atoms with E-state index < -0.39 is 52.8 Å². The molecule has 1 atom stereocenters. The molecule has 250 valence electrons. The molecular weight excluding hydrogens is 673 g/mol. The van der Waals surface area contributed by atoms with E-state index in [9.17, 15) is 41.1 Å². The Labute approximate surface area is 269 Å².